The highest BCUT2D eigenvalue weighted by atomic mass is 16.5. The van der Waals surface area contributed by atoms with Gasteiger partial charge in [-0.2, -0.15) is 0 Å². The predicted molar refractivity (Wildman–Crippen MR) is 167 cm³/mol. The van der Waals surface area contributed by atoms with E-state index in [0.717, 1.165) is 31.5 Å². The standard InChI is InChI=1S/C35H40N2O7/c1-3-4-19-43-28-12-8-11-27(22-28)33(38)31-32(37(35(40)34(31)39)16-15-36-17-20-42-21-18-36)26-13-14-29(30(23-26)41-2)44-24-25-9-6-5-7-10-25/h5-14,22-23,32,38H,3-4,15-21,24H2,1-2H3. The van der Waals surface area contributed by atoms with Crippen molar-refractivity contribution >= 4 is 17.4 Å². The number of methoxy groups -OCH3 is 1. The zero-order valence-corrected chi connectivity index (χ0v) is 25.4. The number of unbranched alkanes of at least 4 members (excludes halogenated alkanes) is 1. The summed E-state index contributed by atoms with van der Waals surface area (Å²) in [6.45, 7) is 6.61. The zero-order valence-electron chi connectivity index (χ0n) is 25.4. The van der Waals surface area contributed by atoms with Gasteiger partial charge in [0.1, 0.15) is 18.1 Å². The van der Waals surface area contributed by atoms with Crippen molar-refractivity contribution in [2.75, 3.05) is 53.1 Å². The lowest BCUT2D eigenvalue weighted by Gasteiger charge is -2.31. The first-order valence-corrected chi connectivity index (χ1v) is 15.2. The van der Waals surface area contributed by atoms with Crippen LogP contribution in [0.15, 0.2) is 78.4 Å². The lowest BCUT2D eigenvalue weighted by molar-refractivity contribution is -0.140. The number of ketones is 1. The number of hydrogen-bond donors (Lipinski definition) is 1. The van der Waals surface area contributed by atoms with E-state index in [-0.39, 0.29) is 11.3 Å². The molecule has 9 heteroatoms. The maximum Gasteiger partial charge on any atom is 0.295 e. The molecule has 2 fully saturated rings. The van der Waals surface area contributed by atoms with Gasteiger partial charge in [-0.15, -0.1) is 0 Å². The van der Waals surface area contributed by atoms with Crippen LogP contribution in [0.4, 0.5) is 0 Å². The van der Waals surface area contributed by atoms with Gasteiger partial charge in [0.2, 0.25) is 0 Å². The highest BCUT2D eigenvalue weighted by molar-refractivity contribution is 6.46. The number of morpholine rings is 1. The number of Topliss-reactive ketones (excluding diaryl/α,β-unsaturated/α-hetero) is 1. The lowest BCUT2D eigenvalue weighted by Crippen LogP contribution is -2.42. The van der Waals surface area contributed by atoms with E-state index in [2.05, 4.69) is 11.8 Å². The fourth-order valence-electron chi connectivity index (χ4n) is 5.46. The van der Waals surface area contributed by atoms with E-state index >= 15 is 0 Å². The molecule has 2 aliphatic rings. The number of nitrogens with zero attached hydrogens (tertiary/aromatic N) is 2. The minimum atomic E-state index is -0.822. The van der Waals surface area contributed by atoms with Crippen LogP contribution in [-0.2, 0) is 20.9 Å². The molecule has 3 aromatic carbocycles. The minimum Gasteiger partial charge on any atom is -0.507 e. The number of carbonyl (C=O) groups is 2. The van der Waals surface area contributed by atoms with Crippen LogP contribution in [0.2, 0.25) is 0 Å². The molecule has 0 spiro atoms. The lowest BCUT2D eigenvalue weighted by atomic mass is 9.95. The number of benzene rings is 3. The largest absolute Gasteiger partial charge is 0.507 e. The fourth-order valence-corrected chi connectivity index (χ4v) is 5.46. The summed E-state index contributed by atoms with van der Waals surface area (Å²) in [6.07, 6.45) is 1.89. The second-order valence-electron chi connectivity index (χ2n) is 10.9. The van der Waals surface area contributed by atoms with E-state index in [1.54, 1.807) is 42.3 Å². The van der Waals surface area contributed by atoms with Crippen LogP contribution in [0, 0.1) is 0 Å². The third kappa shape index (κ3) is 7.23. The molecule has 2 saturated heterocycles. The molecular formula is C35H40N2O7. The van der Waals surface area contributed by atoms with Gasteiger partial charge in [0.25, 0.3) is 11.7 Å². The van der Waals surface area contributed by atoms with Crippen LogP contribution in [0.5, 0.6) is 17.2 Å². The van der Waals surface area contributed by atoms with Crippen LogP contribution < -0.4 is 14.2 Å². The predicted octanol–water partition coefficient (Wildman–Crippen LogP) is 5.21. The molecule has 0 bridgehead atoms. The van der Waals surface area contributed by atoms with Crippen molar-refractivity contribution in [3.8, 4) is 17.2 Å². The van der Waals surface area contributed by atoms with E-state index in [9.17, 15) is 14.7 Å². The second kappa shape index (κ2) is 14.9. The first-order valence-electron chi connectivity index (χ1n) is 15.2. The molecule has 0 aromatic heterocycles. The molecule has 2 heterocycles. The Labute approximate surface area is 258 Å². The number of rotatable bonds is 13. The summed E-state index contributed by atoms with van der Waals surface area (Å²) < 4.78 is 23.1. The third-order valence-electron chi connectivity index (χ3n) is 7.92. The summed E-state index contributed by atoms with van der Waals surface area (Å²) in [6, 6.07) is 21.3. The second-order valence-corrected chi connectivity index (χ2v) is 10.9. The van der Waals surface area contributed by atoms with Crippen molar-refractivity contribution in [2.45, 2.75) is 32.4 Å². The Hall–Kier alpha value is -4.34. The summed E-state index contributed by atoms with van der Waals surface area (Å²) in [5.74, 6) is -0.0433. The Morgan fingerprint density at radius 1 is 0.932 bits per heavy atom. The van der Waals surface area contributed by atoms with E-state index in [4.69, 9.17) is 18.9 Å². The molecule has 1 amide bonds. The van der Waals surface area contributed by atoms with Crippen LogP contribution in [0.1, 0.15) is 42.5 Å². The van der Waals surface area contributed by atoms with Crippen molar-refractivity contribution in [3.05, 3.63) is 95.1 Å². The number of carbonyl (C=O) groups excluding carboxylic acids is 2. The number of aliphatic hydroxyl groups excluding tert-OH is 1. The maximum absolute atomic E-state index is 13.6. The zero-order chi connectivity index (χ0) is 30.9. The van der Waals surface area contributed by atoms with Crippen LogP contribution in [0.3, 0.4) is 0 Å². The molecule has 0 saturated carbocycles. The van der Waals surface area contributed by atoms with Gasteiger partial charge in [-0.3, -0.25) is 14.5 Å². The summed E-state index contributed by atoms with van der Waals surface area (Å²) in [4.78, 5) is 30.9. The van der Waals surface area contributed by atoms with E-state index in [1.807, 2.05) is 42.5 Å². The first-order chi connectivity index (χ1) is 21.5. The number of ether oxygens (including phenoxy) is 4. The number of amides is 1. The molecule has 232 valence electrons. The van der Waals surface area contributed by atoms with Crippen LogP contribution in [0.25, 0.3) is 5.76 Å². The van der Waals surface area contributed by atoms with E-state index in [0.29, 0.717) is 67.9 Å². The van der Waals surface area contributed by atoms with Crippen molar-refractivity contribution in [1.29, 1.82) is 0 Å². The molecule has 0 aliphatic carbocycles. The quantitative estimate of drug-likeness (QED) is 0.124. The summed E-state index contributed by atoms with van der Waals surface area (Å²) in [5.41, 5.74) is 2.08. The Kier molecular flexibility index (Phi) is 10.5. The van der Waals surface area contributed by atoms with Gasteiger partial charge in [-0.05, 0) is 41.8 Å². The van der Waals surface area contributed by atoms with Crippen molar-refractivity contribution < 1.29 is 33.6 Å². The summed E-state index contributed by atoms with van der Waals surface area (Å²) >= 11 is 0. The van der Waals surface area contributed by atoms with Crippen molar-refractivity contribution in [1.82, 2.24) is 9.80 Å². The van der Waals surface area contributed by atoms with Crippen molar-refractivity contribution in [3.63, 3.8) is 0 Å². The molecule has 5 rings (SSSR count). The molecule has 1 N–H and O–H groups in total. The summed E-state index contributed by atoms with van der Waals surface area (Å²) in [7, 11) is 1.55. The number of aliphatic hydroxyl groups is 1. The Morgan fingerprint density at radius 2 is 1.73 bits per heavy atom. The number of likely N-dealkylation sites (tertiary alicyclic amines) is 1. The molecule has 44 heavy (non-hydrogen) atoms. The average Bonchev–Trinajstić information content (AvgIpc) is 3.32. The van der Waals surface area contributed by atoms with Gasteiger partial charge in [0.15, 0.2) is 11.5 Å². The molecule has 0 radical (unpaired) electrons. The Morgan fingerprint density at radius 3 is 2.48 bits per heavy atom. The molecule has 1 unspecified atom stereocenters. The summed E-state index contributed by atoms with van der Waals surface area (Å²) in [5, 5.41) is 11.6. The normalized spacial score (nSPS) is 18.4. The molecule has 1 atom stereocenters. The topological polar surface area (TPSA) is 97.8 Å². The molecule has 3 aromatic rings. The molecular weight excluding hydrogens is 560 g/mol. The fraction of sp³-hybridized carbons (Fsp3) is 0.371. The van der Waals surface area contributed by atoms with Gasteiger partial charge < -0.3 is 29.0 Å². The SMILES string of the molecule is CCCCOc1cccc(C(O)=C2C(=O)C(=O)N(CCN3CCOCC3)C2c2ccc(OCc3ccccc3)c(OC)c2)c1. The maximum atomic E-state index is 13.6. The van der Waals surface area contributed by atoms with Gasteiger partial charge in [-0.1, -0.05) is 61.9 Å². The molecule has 9 nitrogen and oxygen atoms in total. The first kappa shape index (κ1) is 31.1. The van der Waals surface area contributed by atoms with E-state index in [1.165, 1.54) is 0 Å². The van der Waals surface area contributed by atoms with Crippen molar-refractivity contribution in [2.24, 2.45) is 0 Å². The Balaban J connectivity index is 1.50. The van der Waals surface area contributed by atoms with Gasteiger partial charge in [0, 0.05) is 31.7 Å². The highest BCUT2D eigenvalue weighted by Gasteiger charge is 2.46. The van der Waals surface area contributed by atoms with Crippen LogP contribution in [-0.4, -0.2) is 79.7 Å². The van der Waals surface area contributed by atoms with Crippen LogP contribution >= 0.6 is 0 Å². The van der Waals surface area contributed by atoms with Gasteiger partial charge in [-0.25, -0.2) is 0 Å². The highest BCUT2D eigenvalue weighted by Crippen LogP contribution is 2.42. The van der Waals surface area contributed by atoms with Gasteiger partial charge in [0.05, 0.1) is 38.5 Å². The molecule has 2 aliphatic heterocycles. The van der Waals surface area contributed by atoms with E-state index < -0.39 is 17.7 Å². The Bertz CT molecular complexity index is 1470. The third-order valence-corrected chi connectivity index (χ3v) is 7.92. The smallest absolute Gasteiger partial charge is 0.295 e. The van der Waals surface area contributed by atoms with Gasteiger partial charge >= 0.3 is 0 Å². The monoisotopic (exact) mass is 600 g/mol. The number of hydrogen-bond acceptors (Lipinski definition) is 8. The average molecular weight is 601 g/mol. The minimum absolute atomic E-state index is 0.0303.